The van der Waals surface area contributed by atoms with Crippen LogP contribution < -0.4 is 14.8 Å². The Balaban J connectivity index is 2.02. The molecule has 5 heteroatoms. The van der Waals surface area contributed by atoms with Crippen molar-refractivity contribution in [3.8, 4) is 11.5 Å². The van der Waals surface area contributed by atoms with Crippen LogP contribution in [0.25, 0.3) is 0 Å². The fraction of sp³-hybridized carbons (Fsp3) is 0.286. The van der Waals surface area contributed by atoms with Gasteiger partial charge >= 0.3 is 0 Å². The summed E-state index contributed by atoms with van der Waals surface area (Å²) in [6.07, 6.45) is 0.967. The maximum absolute atomic E-state index is 11.6. The van der Waals surface area contributed by atoms with Gasteiger partial charge in [-0.1, -0.05) is 6.08 Å². The lowest BCUT2D eigenvalue weighted by Crippen LogP contribution is -2.36. The first-order chi connectivity index (χ1) is 9.11. The molecule has 0 fully saturated rings. The molecule has 1 aliphatic heterocycles. The standard InChI is InChI=1S/C14H15NO4/c1-3-6-15-14(17)9(2)19-10-4-5-11-12(16)8-18-13(11)7-10/h3-5,7,9H,1,6,8H2,2H3,(H,15,17). The highest BCUT2D eigenvalue weighted by Crippen LogP contribution is 2.29. The summed E-state index contributed by atoms with van der Waals surface area (Å²) in [4.78, 5) is 23.0. The number of benzene rings is 1. The summed E-state index contributed by atoms with van der Waals surface area (Å²) in [5.74, 6) is 0.728. The lowest BCUT2D eigenvalue weighted by molar-refractivity contribution is -0.127. The van der Waals surface area contributed by atoms with Gasteiger partial charge < -0.3 is 14.8 Å². The molecule has 0 radical (unpaired) electrons. The van der Waals surface area contributed by atoms with Gasteiger partial charge in [0.1, 0.15) is 11.5 Å². The molecule has 5 nitrogen and oxygen atoms in total. The van der Waals surface area contributed by atoms with Gasteiger partial charge in [-0.2, -0.15) is 0 Å². The second-order valence-electron chi connectivity index (χ2n) is 4.16. The van der Waals surface area contributed by atoms with Gasteiger partial charge in [0.2, 0.25) is 5.78 Å². The van der Waals surface area contributed by atoms with Gasteiger partial charge in [0.05, 0.1) is 5.56 Å². The Morgan fingerprint density at radius 3 is 3.16 bits per heavy atom. The van der Waals surface area contributed by atoms with E-state index in [2.05, 4.69) is 11.9 Å². The van der Waals surface area contributed by atoms with E-state index < -0.39 is 6.10 Å². The molecule has 1 aliphatic rings. The quantitative estimate of drug-likeness (QED) is 0.812. The van der Waals surface area contributed by atoms with Crippen LogP contribution in [0.1, 0.15) is 17.3 Å². The first-order valence-electron chi connectivity index (χ1n) is 5.97. The van der Waals surface area contributed by atoms with Crippen molar-refractivity contribution in [3.63, 3.8) is 0 Å². The Morgan fingerprint density at radius 1 is 1.63 bits per heavy atom. The maximum atomic E-state index is 11.6. The molecule has 1 amide bonds. The number of hydrogen-bond donors (Lipinski definition) is 1. The molecular weight excluding hydrogens is 246 g/mol. The van der Waals surface area contributed by atoms with Crippen LogP contribution in [-0.4, -0.2) is 30.9 Å². The molecule has 1 atom stereocenters. The van der Waals surface area contributed by atoms with Crippen molar-refractivity contribution in [1.29, 1.82) is 0 Å². The average molecular weight is 261 g/mol. The number of ketones is 1. The van der Waals surface area contributed by atoms with Gasteiger partial charge in [-0.25, -0.2) is 0 Å². The average Bonchev–Trinajstić information content (AvgIpc) is 2.77. The molecule has 0 saturated carbocycles. The van der Waals surface area contributed by atoms with Gasteiger partial charge in [-0.05, 0) is 19.1 Å². The number of Topliss-reactive ketones (excluding diaryl/α,β-unsaturated/α-hetero) is 1. The van der Waals surface area contributed by atoms with Crippen LogP contribution in [-0.2, 0) is 4.79 Å². The molecule has 0 aromatic heterocycles. The second-order valence-corrected chi connectivity index (χ2v) is 4.16. The summed E-state index contributed by atoms with van der Waals surface area (Å²) < 4.78 is 10.7. The minimum absolute atomic E-state index is 0.0432. The number of carbonyl (C=O) groups is 2. The molecule has 100 valence electrons. The Morgan fingerprint density at radius 2 is 2.42 bits per heavy atom. The zero-order valence-electron chi connectivity index (χ0n) is 10.6. The molecule has 1 unspecified atom stereocenters. The highest BCUT2D eigenvalue weighted by atomic mass is 16.5. The van der Waals surface area contributed by atoms with Crippen LogP contribution >= 0.6 is 0 Å². The molecule has 0 spiro atoms. The van der Waals surface area contributed by atoms with Crippen molar-refractivity contribution in [3.05, 3.63) is 36.4 Å². The summed E-state index contributed by atoms with van der Waals surface area (Å²) in [5.41, 5.74) is 0.552. The lowest BCUT2D eigenvalue weighted by atomic mass is 10.1. The summed E-state index contributed by atoms with van der Waals surface area (Å²) >= 11 is 0. The summed E-state index contributed by atoms with van der Waals surface area (Å²) in [7, 11) is 0. The number of rotatable bonds is 5. The van der Waals surface area contributed by atoms with Crippen LogP contribution in [0.2, 0.25) is 0 Å². The molecule has 1 aromatic carbocycles. The van der Waals surface area contributed by atoms with E-state index in [9.17, 15) is 9.59 Å². The number of fused-ring (bicyclic) bond motifs is 1. The first kappa shape index (κ1) is 13.1. The highest BCUT2D eigenvalue weighted by Gasteiger charge is 2.22. The van der Waals surface area contributed by atoms with Crippen molar-refractivity contribution < 1.29 is 19.1 Å². The lowest BCUT2D eigenvalue weighted by Gasteiger charge is -2.14. The zero-order chi connectivity index (χ0) is 13.8. The van der Waals surface area contributed by atoms with E-state index in [4.69, 9.17) is 9.47 Å². The third kappa shape index (κ3) is 2.93. The van der Waals surface area contributed by atoms with Gasteiger partial charge in [0, 0.05) is 12.6 Å². The minimum Gasteiger partial charge on any atom is -0.485 e. The van der Waals surface area contributed by atoms with E-state index in [1.165, 1.54) is 0 Å². The van der Waals surface area contributed by atoms with Gasteiger partial charge in [0.15, 0.2) is 12.7 Å². The predicted octanol–water partition coefficient (Wildman–Crippen LogP) is 1.33. The molecule has 1 aromatic rings. The number of ether oxygens (including phenoxy) is 2. The van der Waals surface area contributed by atoms with Crippen molar-refractivity contribution >= 4 is 11.7 Å². The maximum Gasteiger partial charge on any atom is 0.261 e. The van der Waals surface area contributed by atoms with Gasteiger partial charge in [-0.3, -0.25) is 9.59 Å². The van der Waals surface area contributed by atoms with E-state index in [0.717, 1.165) is 0 Å². The molecular formula is C14H15NO4. The Kier molecular flexibility index (Phi) is 3.85. The number of nitrogens with one attached hydrogen (secondary N) is 1. The Hall–Kier alpha value is -2.30. The molecule has 0 bridgehead atoms. The van der Waals surface area contributed by atoms with Crippen LogP contribution in [0.5, 0.6) is 11.5 Å². The van der Waals surface area contributed by atoms with Crippen LogP contribution in [0.15, 0.2) is 30.9 Å². The minimum atomic E-state index is -0.630. The number of hydrogen-bond acceptors (Lipinski definition) is 4. The molecule has 2 rings (SSSR count). The van der Waals surface area contributed by atoms with E-state index >= 15 is 0 Å². The Labute approximate surface area is 111 Å². The smallest absolute Gasteiger partial charge is 0.261 e. The van der Waals surface area contributed by atoms with E-state index in [1.807, 2.05) is 0 Å². The summed E-state index contributed by atoms with van der Waals surface area (Å²) in [6.45, 7) is 5.63. The molecule has 0 saturated heterocycles. The molecule has 0 aliphatic carbocycles. The van der Waals surface area contributed by atoms with Gasteiger partial charge in [0.25, 0.3) is 5.91 Å². The second kappa shape index (κ2) is 5.56. The van der Waals surface area contributed by atoms with E-state index in [-0.39, 0.29) is 18.3 Å². The first-order valence-corrected chi connectivity index (χ1v) is 5.97. The molecule has 19 heavy (non-hydrogen) atoms. The monoisotopic (exact) mass is 261 g/mol. The van der Waals surface area contributed by atoms with E-state index in [1.54, 1.807) is 31.2 Å². The largest absolute Gasteiger partial charge is 0.485 e. The zero-order valence-corrected chi connectivity index (χ0v) is 10.6. The van der Waals surface area contributed by atoms with Crippen molar-refractivity contribution in [2.75, 3.05) is 13.2 Å². The number of carbonyl (C=O) groups excluding carboxylic acids is 2. The van der Waals surface area contributed by atoms with Crippen molar-refractivity contribution in [2.24, 2.45) is 0 Å². The molecule has 1 N–H and O–H groups in total. The van der Waals surface area contributed by atoms with Crippen LogP contribution in [0.3, 0.4) is 0 Å². The fourth-order valence-electron chi connectivity index (χ4n) is 1.72. The normalized spacial score (nSPS) is 14.3. The van der Waals surface area contributed by atoms with Gasteiger partial charge in [-0.15, -0.1) is 6.58 Å². The summed E-state index contributed by atoms with van der Waals surface area (Å²) in [6, 6.07) is 4.93. The predicted molar refractivity (Wildman–Crippen MR) is 69.6 cm³/mol. The van der Waals surface area contributed by atoms with Crippen molar-refractivity contribution in [1.82, 2.24) is 5.32 Å². The Bertz CT molecular complexity index is 524. The topological polar surface area (TPSA) is 64.6 Å². The fourth-order valence-corrected chi connectivity index (χ4v) is 1.72. The van der Waals surface area contributed by atoms with E-state index in [0.29, 0.717) is 23.6 Å². The highest BCUT2D eigenvalue weighted by molar-refractivity contribution is 6.02. The number of amides is 1. The van der Waals surface area contributed by atoms with Crippen LogP contribution in [0.4, 0.5) is 0 Å². The SMILES string of the molecule is C=CCNC(=O)C(C)Oc1ccc2c(c1)OCC2=O. The third-order valence-electron chi connectivity index (χ3n) is 2.71. The molecule has 1 heterocycles. The third-order valence-corrected chi connectivity index (χ3v) is 2.71. The summed E-state index contributed by atoms with van der Waals surface area (Å²) in [5, 5.41) is 2.64. The van der Waals surface area contributed by atoms with Crippen LogP contribution in [0, 0.1) is 0 Å². The van der Waals surface area contributed by atoms with Crippen molar-refractivity contribution in [2.45, 2.75) is 13.0 Å².